The second-order valence-electron chi connectivity index (χ2n) is 6.67. The van der Waals surface area contributed by atoms with Gasteiger partial charge in [-0.2, -0.15) is 5.10 Å². The summed E-state index contributed by atoms with van der Waals surface area (Å²) in [5.74, 6) is -0.0903. The quantitative estimate of drug-likeness (QED) is 0.669. The number of carbonyl (C=O) groups is 1. The number of sulfone groups is 1. The molecule has 0 bridgehead atoms. The molecule has 10 heteroatoms. The van der Waals surface area contributed by atoms with Crippen molar-refractivity contribution in [2.45, 2.75) is 37.3 Å². The molecule has 0 atom stereocenters. The summed E-state index contributed by atoms with van der Waals surface area (Å²) in [5.41, 5.74) is 1.95. The Morgan fingerprint density at radius 1 is 1.21 bits per heavy atom. The molecule has 0 aliphatic rings. The summed E-state index contributed by atoms with van der Waals surface area (Å²) in [6.07, 6.45) is 1.91. The van der Waals surface area contributed by atoms with E-state index >= 15 is 0 Å². The molecule has 0 spiro atoms. The second-order valence-corrected chi connectivity index (χ2v) is 9.17. The highest BCUT2D eigenvalue weighted by Gasteiger charge is 2.19. The Kier molecular flexibility index (Phi) is 5.32. The molecule has 1 aromatic carbocycles. The summed E-state index contributed by atoms with van der Waals surface area (Å²) in [6, 6.07) is 6.52. The summed E-state index contributed by atoms with van der Waals surface area (Å²) in [4.78, 5) is 12.6. The molecule has 148 valence electrons. The van der Waals surface area contributed by atoms with Gasteiger partial charge in [-0.25, -0.2) is 8.42 Å². The molecule has 0 radical (unpaired) electrons. The number of amides is 1. The number of hydrogen-bond donors (Lipinski definition) is 1. The first-order chi connectivity index (χ1) is 13.2. The maximum atomic E-state index is 12.3. The molecule has 2 heterocycles. The maximum absolute atomic E-state index is 12.3. The normalized spacial score (nSPS) is 11.8. The summed E-state index contributed by atoms with van der Waals surface area (Å²) >= 11 is 0. The number of aromatic nitrogens is 4. The number of nitrogens with zero attached hydrogens (tertiary/aromatic N) is 4. The van der Waals surface area contributed by atoms with Crippen molar-refractivity contribution >= 4 is 21.8 Å². The predicted molar refractivity (Wildman–Crippen MR) is 102 cm³/mol. The third kappa shape index (κ3) is 3.96. The zero-order valence-corrected chi connectivity index (χ0v) is 16.8. The van der Waals surface area contributed by atoms with Gasteiger partial charge in [0.15, 0.2) is 9.84 Å². The zero-order valence-electron chi connectivity index (χ0n) is 16.0. The molecule has 0 saturated heterocycles. The van der Waals surface area contributed by atoms with E-state index in [4.69, 9.17) is 4.42 Å². The van der Waals surface area contributed by atoms with Crippen LogP contribution in [0.25, 0.3) is 0 Å². The van der Waals surface area contributed by atoms with E-state index < -0.39 is 21.0 Å². The Morgan fingerprint density at radius 2 is 1.89 bits per heavy atom. The van der Waals surface area contributed by atoms with Crippen molar-refractivity contribution in [2.24, 2.45) is 7.05 Å². The molecule has 1 N–H and O–H groups in total. The van der Waals surface area contributed by atoms with Crippen molar-refractivity contribution in [3.8, 4) is 0 Å². The van der Waals surface area contributed by atoms with Crippen molar-refractivity contribution in [1.29, 1.82) is 0 Å². The minimum Gasteiger partial charge on any atom is -0.407 e. The van der Waals surface area contributed by atoms with Crippen LogP contribution in [0, 0.1) is 6.92 Å². The van der Waals surface area contributed by atoms with Gasteiger partial charge in [-0.3, -0.25) is 14.8 Å². The van der Waals surface area contributed by atoms with E-state index in [0.717, 1.165) is 11.1 Å². The van der Waals surface area contributed by atoms with Gasteiger partial charge in [0.05, 0.1) is 22.8 Å². The number of nitrogens with one attached hydrogen (secondary N) is 1. The molecule has 3 rings (SSSR count). The highest BCUT2D eigenvalue weighted by atomic mass is 32.2. The lowest BCUT2D eigenvalue weighted by molar-refractivity contribution is 0.101. The minimum absolute atomic E-state index is 0.0143. The molecule has 28 heavy (non-hydrogen) atoms. The Balaban J connectivity index is 1.69. The van der Waals surface area contributed by atoms with Crippen molar-refractivity contribution in [2.75, 3.05) is 5.32 Å². The van der Waals surface area contributed by atoms with Crippen LogP contribution in [0.3, 0.4) is 0 Å². The lowest BCUT2D eigenvalue weighted by Crippen LogP contribution is -2.17. The molecule has 1 amide bonds. The van der Waals surface area contributed by atoms with Crippen LogP contribution < -0.4 is 5.32 Å². The lowest BCUT2D eigenvalue weighted by atomic mass is 10.1. The van der Waals surface area contributed by atoms with E-state index in [0.29, 0.717) is 18.0 Å². The van der Waals surface area contributed by atoms with Crippen LogP contribution in [0.5, 0.6) is 0 Å². The highest BCUT2D eigenvalue weighted by molar-refractivity contribution is 7.92. The number of carbonyl (C=O) groups excluding carboxylic acids is 1. The topological polar surface area (TPSA) is 120 Å². The fraction of sp³-hybridized carbons (Fsp3) is 0.333. The third-order valence-corrected chi connectivity index (χ3v) is 6.42. The second kappa shape index (κ2) is 7.55. The van der Waals surface area contributed by atoms with Crippen molar-refractivity contribution in [1.82, 2.24) is 20.0 Å². The fourth-order valence-corrected chi connectivity index (χ4v) is 3.71. The molecular weight excluding hydrogens is 382 g/mol. The maximum Gasteiger partial charge on any atom is 0.322 e. The monoisotopic (exact) mass is 403 g/mol. The molecule has 0 aliphatic carbocycles. The van der Waals surface area contributed by atoms with Gasteiger partial charge in [0, 0.05) is 7.05 Å². The summed E-state index contributed by atoms with van der Waals surface area (Å²) in [6.45, 7) is 5.07. The number of rotatable bonds is 6. The fourth-order valence-electron chi connectivity index (χ4n) is 2.65. The SMILES string of the molecule is Cc1cnn(C)c1C(=O)Nc1nnc(Cc2ccc(S(=O)(=O)C(C)C)cc2)o1. The predicted octanol–water partition coefficient (Wildman–Crippen LogP) is 2.14. The lowest BCUT2D eigenvalue weighted by Gasteiger charge is -2.08. The van der Waals surface area contributed by atoms with Crippen LogP contribution in [0.15, 0.2) is 39.8 Å². The van der Waals surface area contributed by atoms with Gasteiger partial charge in [-0.1, -0.05) is 17.2 Å². The van der Waals surface area contributed by atoms with Gasteiger partial charge in [-0.05, 0) is 44.0 Å². The van der Waals surface area contributed by atoms with Gasteiger partial charge in [0.2, 0.25) is 5.89 Å². The van der Waals surface area contributed by atoms with Gasteiger partial charge < -0.3 is 4.42 Å². The van der Waals surface area contributed by atoms with E-state index in [-0.39, 0.29) is 10.9 Å². The highest BCUT2D eigenvalue weighted by Crippen LogP contribution is 2.18. The summed E-state index contributed by atoms with van der Waals surface area (Å²) in [5, 5.41) is 13.8. The van der Waals surface area contributed by atoms with Crippen LogP contribution in [0.4, 0.5) is 6.01 Å². The van der Waals surface area contributed by atoms with Gasteiger partial charge in [-0.15, -0.1) is 5.10 Å². The first-order valence-electron chi connectivity index (χ1n) is 8.63. The standard InChI is InChI=1S/C18H21N5O4S/c1-11(2)28(25,26)14-7-5-13(6-8-14)9-15-21-22-18(27-15)20-17(24)16-12(3)10-19-23(16)4/h5-8,10-11H,9H2,1-4H3,(H,20,22,24). The zero-order chi connectivity index (χ0) is 20.5. The van der Waals surface area contributed by atoms with Gasteiger partial charge in [0.1, 0.15) is 5.69 Å². The van der Waals surface area contributed by atoms with E-state index in [9.17, 15) is 13.2 Å². The average molecular weight is 403 g/mol. The van der Waals surface area contributed by atoms with Crippen LogP contribution in [-0.4, -0.2) is 39.6 Å². The number of benzene rings is 1. The molecular formula is C18H21N5O4S. The molecule has 0 aliphatic heterocycles. The number of anilines is 1. The van der Waals surface area contributed by atoms with E-state index in [1.807, 2.05) is 0 Å². The third-order valence-electron chi connectivity index (χ3n) is 4.25. The first kappa shape index (κ1) is 19.7. The van der Waals surface area contributed by atoms with Crippen molar-refractivity contribution in [3.63, 3.8) is 0 Å². The summed E-state index contributed by atoms with van der Waals surface area (Å²) < 4.78 is 31.3. The Morgan fingerprint density at radius 3 is 2.46 bits per heavy atom. The van der Waals surface area contributed by atoms with Gasteiger partial charge >= 0.3 is 6.01 Å². The molecule has 0 fully saturated rings. The Hall–Kier alpha value is -3.01. The van der Waals surface area contributed by atoms with Crippen LogP contribution >= 0.6 is 0 Å². The number of hydrogen-bond acceptors (Lipinski definition) is 7. The molecule has 0 unspecified atom stereocenters. The van der Waals surface area contributed by atoms with Crippen molar-refractivity contribution < 1.29 is 17.6 Å². The Bertz CT molecular complexity index is 1080. The first-order valence-corrected chi connectivity index (χ1v) is 10.2. The van der Waals surface area contributed by atoms with E-state index in [2.05, 4.69) is 20.6 Å². The van der Waals surface area contributed by atoms with Crippen LogP contribution in [0.2, 0.25) is 0 Å². The molecule has 9 nitrogen and oxygen atoms in total. The van der Waals surface area contributed by atoms with E-state index in [1.165, 1.54) is 4.68 Å². The van der Waals surface area contributed by atoms with Crippen LogP contribution in [0.1, 0.15) is 41.4 Å². The van der Waals surface area contributed by atoms with Gasteiger partial charge in [0.25, 0.3) is 5.91 Å². The smallest absolute Gasteiger partial charge is 0.322 e. The molecule has 0 saturated carbocycles. The van der Waals surface area contributed by atoms with Crippen molar-refractivity contribution in [3.05, 3.63) is 53.2 Å². The molecule has 3 aromatic rings. The minimum atomic E-state index is -3.31. The number of aryl methyl sites for hydroxylation is 2. The van der Waals surface area contributed by atoms with Crippen LogP contribution in [-0.2, 0) is 23.3 Å². The summed E-state index contributed by atoms with van der Waals surface area (Å²) in [7, 11) is -1.64. The largest absolute Gasteiger partial charge is 0.407 e. The average Bonchev–Trinajstić information content (AvgIpc) is 3.21. The van der Waals surface area contributed by atoms with E-state index in [1.54, 1.807) is 58.3 Å². The Labute approximate surface area is 162 Å². The molecule has 2 aromatic heterocycles.